The molecule has 0 saturated carbocycles. The molecule has 1 N–H and O–H groups in total. The zero-order valence-electron chi connectivity index (χ0n) is 13.4. The van der Waals surface area contributed by atoms with Crippen LogP contribution in [0.4, 0.5) is 11.4 Å². The number of aryl methyl sites for hydroxylation is 3. The van der Waals surface area contributed by atoms with Crippen LogP contribution in [0.1, 0.15) is 23.1 Å². The number of benzene rings is 2. The molecule has 4 nitrogen and oxygen atoms in total. The highest BCUT2D eigenvalue weighted by molar-refractivity contribution is 6.44. The summed E-state index contributed by atoms with van der Waals surface area (Å²) in [5, 5.41) is 2.72. The molecular weight excluding hydrogens is 288 g/mol. The summed E-state index contributed by atoms with van der Waals surface area (Å²) in [6.45, 7) is 4.51. The number of nitrogens with zero attached hydrogens (tertiary/aromatic N) is 1. The smallest absolute Gasteiger partial charge is 0.316 e. The van der Waals surface area contributed by atoms with Crippen molar-refractivity contribution in [2.45, 2.75) is 26.7 Å². The average molecular weight is 308 g/mol. The molecule has 118 valence electrons. The summed E-state index contributed by atoms with van der Waals surface area (Å²) >= 11 is 0. The van der Waals surface area contributed by atoms with Crippen molar-refractivity contribution >= 4 is 23.2 Å². The Balaban J connectivity index is 1.79. The maximum absolute atomic E-state index is 12.5. The van der Waals surface area contributed by atoms with Crippen molar-refractivity contribution in [2.24, 2.45) is 0 Å². The van der Waals surface area contributed by atoms with Gasteiger partial charge < -0.3 is 10.2 Å². The molecule has 2 aromatic rings. The summed E-state index contributed by atoms with van der Waals surface area (Å²) in [4.78, 5) is 26.5. The molecule has 0 saturated heterocycles. The molecule has 0 unspecified atom stereocenters. The highest BCUT2D eigenvalue weighted by Gasteiger charge is 2.27. The Morgan fingerprint density at radius 2 is 1.74 bits per heavy atom. The topological polar surface area (TPSA) is 49.4 Å². The molecule has 2 aromatic carbocycles. The molecule has 0 spiro atoms. The van der Waals surface area contributed by atoms with E-state index in [1.807, 2.05) is 56.3 Å². The third-order valence-electron chi connectivity index (χ3n) is 4.03. The third kappa shape index (κ3) is 3.26. The van der Waals surface area contributed by atoms with Crippen molar-refractivity contribution in [3.63, 3.8) is 0 Å². The van der Waals surface area contributed by atoms with Gasteiger partial charge in [-0.15, -0.1) is 0 Å². The van der Waals surface area contributed by atoms with Crippen LogP contribution < -0.4 is 10.2 Å². The summed E-state index contributed by atoms with van der Waals surface area (Å²) in [6.07, 6.45) is 1.82. The van der Waals surface area contributed by atoms with Crippen LogP contribution in [0.2, 0.25) is 0 Å². The average Bonchev–Trinajstić information content (AvgIpc) is 2.52. The first-order chi connectivity index (χ1) is 11.0. The van der Waals surface area contributed by atoms with E-state index in [0.717, 1.165) is 35.2 Å². The molecule has 0 bridgehead atoms. The van der Waals surface area contributed by atoms with Crippen molar-refractivity contribution < 1.29 is 9.59 Å². The van der Waals surface area contributed by atoms with Crippen LogP contribution in [-0.4, -0.2) is 18.4 Å². The van der Waals surface area contributed by atoms with Gasteiger partial charge in [0.1, 0.15) is 0 Å². The number of amides is 2. The fourth-order valence-corrected chi connectivity index (χ4v) is 3.10. The molecule has 0 aromatic heterocycles. The van der Waals surface area contributed by atoms with Crippen LogP contribution in [-0.2, 0) is 16.0 Å². The number of carbonyl (C=O) groups excluding carboxylic acids is 2. The summed E-state index contributed by atoms with van der Waals surface area (Å²) in [5.74, 6) is -1.09. The molecular formula is C19H20N2O2. The minimum Gasteiger partial charge on any atom is -0.318 e. The summed E-state index contributed by atoms with van der Waals surface area (Å²) in [5.41, 5.74) is 4.73. The molecule has 1 heterocycles. The van der Waals surface area contributed by atoms with Crippen LogP contribution in [0.3, 0.4) is 0 Å². The Morgan fingerprint density at radius 1 is 1.04 bits per heavy atom. The summed E-state index contributed by atoms with van der Waals surface area (Å²) in [6, 6.07) is 13.5. The normalized spacial score (nSPS) is 13.4. The van der Waals surface area contributed by atoms with Crippen molar-refractivity contribution in [1.82, 2.24) is 0 Å². The second-order valence-corrected chi connectivity index (χ2v) is 6.02. The summed E-state index contributed by atoms with van der Waals surface area (Å²) < 4.78 is 0. The van der Waals surface area contributed by atoms with Gasteiger partial charge in [-0.25, -0.2) is 0 Å². The van der Waals surface area contributed by atoms with E-state index < -0.39 is 11.8 Å². The van der Waals surface area contributed by atoms with Crippen molar-refractivity contribution in [3.05, 3.63) is 59.2 Å². The first-order valence-corrected chi connectivity index (χ1v) is 7.83. The third-order valence-corrected chi connectivity index (χ3v) is 4.03. The monoisotopic (exact) mass is 308 g/mol. The van der Waals surface area contributed by atoms with E-state index in [1.165, 1.54) is 0 Å². The van der Waals surface area contributed by atoms with Crippen LogP contribution in [0, 0.1) is 13.8 Å². The van der Waals surface area contributed by atoms with Crippen molar-refractivity contribution in [2.75, 3.05) is 16.8 Å². The maximum atomic E-state index is 12.5. The van der Waals surface area contributed by atoms with Gasteiger partial charge in [-0.05, 0) is 61.6 Å². The lowest BCUT2D eigenvalue weighted by Gasteiger charge is -2.28. The minimum atomic E-state index is -0.591. The second-order valence-electron chi connectivity index (χ2n) is 6.02. The largest absolute Gasteiger partial charge is 0.318 e. The molecule has 0 fully saturated rings. The lowest BCUT2D eigenvalue weighted by molar-refractivity contribution is -0.134. The van der Waals surface area contributed by atoms with E-state index in [9.17, 15) is 9.59 Å². The molecule has 0 aliphatic carbocycles. The van der Waals surface area contributed by atoms with E-state index in [0.29, 0.717) is 12.2 Å². The summed E-state index contributed by atoms with van der Waals surface area (Å²) in [7, 11) is 0. The lowest BCUT2D eigenvalue weighted by Crippen LogP contribution is -2.42. The predicted octanol–water partition coefficient (Wildman–Crippen LogP) is 3.22. The van der Waals surface area contributed by atoms with Gasteiger partial charge in [0, 0.05) is 17.9 Å². The predicted molar refractivity (Wildman–Crippen MR) is 91.7 cm³/mol. The van der Waals surface area contributed by atoms with E-state index in [2.05, 4.69) is 5.32 Å². The number of hydrogen-bond acceptors (Lipinski definition) is 2. The van der Waals surface area contributed by atoms with E-state index in [-0.39, 0.29) is 0 Å². The molecule has 0 atom stereocenters. The van der Waals surface area contributed by atoms with Crippen LogP contribution in [0.5, 0.6) is 0 Å². The lowest BCUT2D eigenvalue weighted by atomic mass is 10.0. The number of fused-ring (bicyclic) bond motifs is 1. The standard InChI is InChI=1S/C19H20N2O2/c1-13-10-14(2)12-16(11-13)20-18(22)19(23)21-9-5-7-15-6-3-4-8-17(15)21/h3-4,6,8,10-12H,5,7,9H2,1-2H3,(H,20,22). The van der Waals surface area contributed by atoms with Crippen LogP contribution in [0.15, 0.2) is 42.5 Å². The molecule has 0 radical (unpaired) electrons. The van der Waals surface area contributed by atoms with Gasteiger partial charge in [-0.2, -0.15) is 0 Å². The first kappa shape index (κ1) is 15.3. The number of carbonyl (C=O) groups is 2. The SMILES string of the molecule is Cc1cc(C)cc(NC(=O)C(=O)N2CCCc3ccccc32)c1. The quantitative estimate of drug-likeness (QED) is 0.822. The van der Waals surface area contributed by atoms with E-state index in [1.54, 1.807) is 4.90 Å². The fourth-order valence-electron chi connectivity index (χ4n) is 3.10. The number of nitrogens with one attached hydrogen (secondary N) is 1. The highest BCUT2D eigenvalue weighted by Crippen LogP contribution is 2.27. The number of rotatable bonds is 1. The minimum absolute atomic E-state index is 0.503. The van der Waals surface area contributed by atoms with Crippen LogP contribution >= 0.6 is 0 Å². The van der Waals surface area contributed by atoms with Gasteiger partial charge in [0.05, 0.1) is 0 Å². The van der Waals surface area contributed by atoms with Crippen LogP contribution in [0.25, 0.3) is 0 Å². The Hall–Kier alpha value is -2.62. The molecule has 2 amide bonds. The Kier molecular flexibility index (Phi) is 4.15. The Morgan fingerprint density at radius 3 is 2.48 bits per heavy atom. The van der Waals surface area contributed by atoms with E-state index >= 15 is 0 Å². The van der Waals surface area contributed by atoms with Gasteiger partial charge in [0.15, 0.2) is 0 Å². The van der Waals surface area contributed by atoms with Gasteiger partial charge in [0.25, 0.3) is 0 Å². The first-order valence-electron chi connectivity index (χ1n) is 7.83. The van der Waals surface area contributed by atoms with Crippen molar-refractivity contribution in [1.29, 1.82) is 0 Å². The molecule has 1 aliphatic rings. The fraction of sp³-hybridized carbons (Fsp3) is 0.263. The second kappa shape index (κ2) is 6.24. The van der Waals surface area contributed by atoms with E-state index in [4.69, 9.17) is 0 Å². The molecule has 1 aliphatic heterocycles. The van der Waals surface area contributed by atoms with Gasteiger partial charge in [-0.1, -0.05) is 24.3 Å². The number of para-hydroxylation sites is 1. The Bertz CT molecular complexity index is 747. The van der Waals surface area contributed by atoms with Gasteiger partial charge in [0.2, 0.25) is 0 Å². The molecule has 3 rings (SSSR count). The zero-order chi connectivity index (χ0) is 16.4. The number of hydrogen-bond donors (Lipinski definition) is 1. The molecule has 23 heavy (non-hydrogen) atoms. The molecule has 4 heteroatoms. The van der Waals surface area contributed by atoms with Crippen molar-refractivity contribution in [3.8, 4) is 0 Å². The number of anilines is 2. The van der Waals surface area contributed by atoms with Gasteiger partial charge >= 0.3 is 11.8 Å². The Labute approximate surface area is 136 Å². The highest BCUT2D eigenvalue weighted by atomic mass is 16.2. The zero-order valence-corrected chi connectivity index (χ0v) is 13.4. The van der Waals surface area contributed by atoms with Gasteiger partial charge in [-0.3, -0.25) is 9.59 Å². The maximum Gasteiger partial charge on any atom is 0.316 e.